The molecule has 0 bridgehead atoms. The standard InChI is InChI=1S/Fe.H3N.H2O4S.2O.Ti/c;;1-5(2,3)4;;;/h;1H3;(H2,1,2,3,4);;;. The quantitative estimate of drug-likeness (QED) is 0.380. The van der Waals surface area contributed by atoms with Crippen molar-refractivity contribution in [2.24, 2.45) is 0 Å². The van der Waals surface area contributed by atoms with Gasteiger partial charge in [0.1, 0.15) is 0 Å². The van der Waals surface area contributed by atoms with Gasteiger partial charge in [-0.1, -0.05) is 0 Å². The average Bonchev–Trinajstić information content (AvgIpc) is 1.27. The van der Waals surface area contributed by atoms with E-state index in [0.717, 1.165) is 0 Å². The van der Waals surface area contributed by atoms with Crippen molar-refractivity contribution in [2.75, 3.05) is 0 Å². The summed E-state index contributed by atoms with van der Waals surface area (Å²) in [6.07, 6.45) is 0. The normalized spacial score (nSPS) is 6.60. The predicted octanol–water partition coefficient (Wildman–Crippen LogP) is -0.733. The van der Waals surface area contributed by atoms with Crippen LogP contribution in [0.1, 0.15) is 0 Å². The second kappa shape index (κ2) is 12.4. The number of hydrogen-bond donors (Lipinski definition) is 3. The van der Waals surface area contributed by atoms with Gasteiger partial charge in [0.25, 0.3) is 0 Å². The summed E-state index contributed by atoms with van der Waals surface area (Å²) in [5.74, 6) is 0. The molecule has 64 valence electrons. The summed E-state index contributed by atoms with van der Waals surface area (Å²) < 4.78 is 48.6. The monoisotopic (exact) mass is 251 g/mol. The summed E-state index contributed by atoms with van der Waals surface area (Å²) in [6, 6.07) is 0. The van der Waals surface area contributed by atoms with Gasteiger partial charge < -0.3 is 6.15 Å². The van der Waals surface area contributed by atoms with Crippen LogP contribution in [-0.2, 0) is 53.2 Å². The van der Waals surface area contributed by atoms with E-state index < -0.39 is 29.5 Å². The van der Waals surface area contributed by atoms with Gasteiger partial charge in [0.15, 0.2) is 0 Å². The van der Waals surface area contributed by atoms with Crippen LogP contribution in [0.25, 0.3) is 0 Å². The van der Waals surface area contributed by atoms with Crippen LogP contribution >= 0.6 is 0 Å². The minimum absolute atomic E-state index is 0. The molecule has 0 heterocycles. The van der Waals surface area contributed by atoms with Crippen molar-refractivity contribution >= 4 is 10.4 Å². The van der Waals surface area contributed by atoms with Gasteiger partial charge in [0.05, 0.1) is 0 Å². The summed E-state index contributed by atoms with van der Waals surface area (Å²) in [5.41, 5.74) is 0. The van der Waals surface area contributed by atoms with Crippen molar-refractivity contribution < 1.29 is 60.3 Å². The van der Waals surface area contributed by atoms with Crippen LogP contribution in [0.4, 0.5) is 0 Å². The molecule has 0 aromatic carbocycles. The van der Waals surface area contributed by atoms with Gasteiger partial charge in [-0.05, 0) is 0 Å². The fourth-order valence-corrected chi connectivity index (χ4v) is 0. The van der Waals surface area contributed by atoms with Gasteiger partial charge in [0, 0.05) is 17.1 Å². The van der Waals surface area contributed by atoms with Crippen molar-refractivity contribution in [2.45, 2.75) is 0 Å². The molecule has 0 radical (unpaired) electrons. The van der Waals surface area contributed by atoms with E-state index in [4.69, 9.17) is 24.2 Å². The third kappa shape index (κ3) is 1150. The third-order valence-corrected chi connectivity index (χ3v) is 0. The van der Waals surface area contributed by atoms with Gasteiger partial charge in [-0.25, -0.2) is 0 Å². The summed E-state index contributed by atoms with van der Waals surface area (Å²) >= 11 is -2.00. The molecule has 0 aliphatic rings. The predicted molar refractivity (Wildman–Crippen MR) is 20.6 cm³/mol. The van der Waals surface area contributed by atoms with Crippen LogP contribution < -0.4 is 6.15 Å². The van der Waals surface area contributed by atoms with E-state index in [2.05, 4.69) is 0 Å². The Morgan fingerprint density at radius 3 is 1.10 bits per heavy atom. The van der Waals surface area contributed by atoms with Crippen LogP contribution in [-0.4, -0.2) is 17.5 Å². The molecule has 0 aliphatic heterocycles. The Morgan fingerprint density at radius 1 is 1.10 bits per heavy atom. The molecule has 0 aliphatic carbocycles. The molecule has 7 nitrogen and oxygen atoms in total. The van der Waals surface area contributed by atoms with Gasteiger partial charge in [-0.2, -0.15) is 8.42 Å². The van der Waals surface area contributed by atoms with Crippen LogP contribution in [0.3, 0.4) is 0 Å². The van der Waals surface area contributed by atoms with E-state index in [1.165, 1.54) is 0 Å². The SMILES string of the molecule is N.O=S(=O)(O)O.[Fe].[O]=[Ti]=[O]. The second-order valence-corrected chi connectivity index (χ2v) is 1.69. The fourth-order valence-electron chi connectivity index (χ4n) is 0. The molecule has 5 N–H and O–H groups in total. The Labute approximate surface area is 76.8 Å². The van der Waals surface area contributed by atoms with E-state index in [0.29, 0.717) is 0 Å². The first-order valence-electron chi connectivity index (χ1n) is 1.11. The molecular weight excluding hydrogens is 246 g/mol. The van der Waals surface area contributed by atoms with E-state index in [1.807, 2.05) is 0 Å². The molecule has 0 unspecified atom stereocenters. The average molecular weight is 251 g/mol. The first-order valence-corrected chi connectivity index (χ1v) is 3.78. The topological polar surface area (TPSA) is 144 Å². The first-order chi connectivity index (χ1) is 3.41. The zero-order valence-electron chi connectivity index (χ0n) is 4.50. The van der Waals surface area contributed by atoms with Crippen LogP contribution in [0, 0.1) is 0 Å². The molecule has 0 fully saturated rings. The first kappa shape index (κ1) is 22.4. The molecule has 0 aromatic heterocycles. The van der Waals surface area contributed by atoms with E-state index in [-0.39, 0.29) is 23.2 Å². The van der Waals surface area contributed by atoms with Crippen molar-refractivity contribution in [3.05, 3.63) is 0 Å². The van der Waals surface area contributed by atoms with Crippen LogP contribution in [0.15, 0.2) is 0 Å². The fraction of sp³-hybridized carbons (Fsp3) is 0. The van der Waals surface area contributed by atoms with Crippen molar-refractivity contribution in [1.82, 2.24) is 6.15 Å². The Hall–Kier alpha value is 0.664. The molecule has 0 atom stereocenters. The maximum atomic E-state index is 8.74. The Kier molecular flexibility index (Phi) is 27.7. The molecule has 0 rings (SSSR count). The molecular formula is H5FeNO6STi. The molecule has 0 amide bonds. The Morgan fingerprint density at radius 2 is 1.10 bits per heavy atom. The van der Waals surface area contributed by atoms with Crippen molar-refractivity contribution in [3.63, 3.8) is 0 Å². The number of hydrogen-bond acceptors (Lipinski definition) is 5. The maximum absolute atomic E-state index is 8.74. The molecule has 0 saturated heterocycles. The second-order valence-electron chi connectivity index (χ2n) is 0.531. The molecule has 10 heteroatoms. The van der Waals surface area contributed by atoms with Crippen LogP contribution in [0.2, 0.25) is 0 Å². The minimum atomic E-state index is -4.67. The third-order valence-electron chi connectivity index (χ3n) is 0. The van der Waals surface area contributed by atoms with E-state index in [1.54, 1.807) is 0 Å². The van der Waals surface area contributed by atoms with Gasteiger partial charge in [-0.15, -0.1) is 0 Å². The molecule has 10 heavy (non-hydrogen) atoms. The number of rotatable bonds is 0. The Bertz CT molecular complexity index is 158. The summed E-state index contributed by atoms with van der Waals surface area (Å²) in [6.45, 7) is 0. The van der Waals surface area contributed by atoms with E-state index in [9.17, 15) is 0 Å². The van der Waals surface area contributed by atoms with Crippen molar-refractivity contribution in [1.29, 1.82) is 0 Å². The summed E-state index contributed by atoms with van der Waals surface area (Å²) in [5, 5.41) is 0. The molecule has 0 aromatic rings. The molecule has 0 spiro atoms. The molecule has 0 saturated carbocycles. The summed E-state index contributed by atoms with van der Waals surface area (Å²) in [7, 11) is -4.67. The Balaban J connectivity index is -0.0000000326. The van der Waals surface area contributed by atoms with E-state index >= 15 is 0 Å². The summed E-state index contributed by atoms with van der Waals surface area (Å²) in [4.78, 5) is 0. The zero-order chi connectivity index (χ0) is 7.21. The van der Waals surface area contributed by atoms with Gasteiger partial charge in [0.2, 0.25) is 0 Å². The van der Waals surface area contributed by atoms with Crippen LogP contribution in [0.5, 0.6) is 0 Å². The van der Waals surface area contributed by atoms with Gasteiger partial charge in [-0.3, -0.25) is 9.11 Å². The van der Waals surface area contributed by atoms with Crippen molar-refractivity contribution in [3.8, 4) is 0 Å². The van der Waals surface area contributed by atoms with Gasteiger partial charge >= 0.3 is 36.1 Å². The zero-order valence-corrected chi connectivity index (χ0v) is 7.98.